The lowest BCUT2D eigenvalue weighted by Crippen LogP contribution is -2.92. The molecule has 4 rings (SSSR count). The number of carbonyl (C=O) groups excluding carboxylic acids is 1. The maximum Gasteiger partial charge on any atom is 0.278 e. The number of para-hydroxylation sites is 1. The Balaban J connectivity index is 1.52. The number of amides is 1. The van der Waals surface area contributed by atoms with Gasteiger partial charge in [-0.2, -0.15) is 0 Å². The number of nitrogens with one attached hydrogen (secondary N) is 2. The minimum Gasteiger partial charge on any atom is -0.378 e. The van der Waals surface area contributed by atoms with Crippen LogP contribution in [0, 0.1) is 0 Å². The second-order valence-electron chi connectivity index (χ2n) is 9.43. The summed E-state index contributed by atoms with van der Waals surface area (Å²) in [5.41, 5.74) is 4.90. The minimum atomic E-state index is -0.106. The maximum absolute atomic E-state index is 12.8. The molecular weight excluding hydrogens is 396 g/mol. The van der Waals surface area contributed by atoms with E-state index in [1.54, 1.807) is 0 Å². The molecule has 5 nitrogen and oxygen atoms in total. The second-order valence-corrected chi connectivity index (χ2v) is 9.43. The summed E-state index contributed by atoms with van der Waals surface area (Å²) in [5, 5.41) is 6.74. The molecule has 0 saturated heterocycles. The van der Waals surface area contributed by atoms with Gasteiger partial charge < -0.3 is 20.5 Å². The molecule has 2 aromatic carbocycles. The van der Waals surface area contributed by atoms with Crippen molar-refractivity contribution in [1.29, 1.82) is 0 Å². The third kappa shape index (κ3) is 5.16. The molecule has 2 atom stereocenters. The lowest BCUT2D eigenvalue weighted by atomic mass is 9.90. The molecule has 0 bridgehead atoms. The molecule has 4 N–H and O–H groups in total. The number of carbonyl (C=O) groups is 1. The fourth-order valence-electron chi connectivity index (χ4n) is 4.86. The number of fused-ring (bicyclic) bond motifs is 1. The summed E-state index contributed by atoms with van der Waals surface area (Å²) in [6.07, 6.45) is 8.13. The SMILES string of the molecule is C[C@@H]([NH2+]C[C@@H](c1ccc(N(C)C)cc1)c1c[nH]c2ccccc12)C(=O)NC1CCCCC1. The first kappa shape index (κ1) is 22.4. The highest BCUT2D eigenvalue weighted by Gasteiger charge is 2.25. The van der Waals surface area contributed by atoms with E-state index in [1.807, 2.05) is 6.92 Å². The Morgan fingerprint density at radius 3 is 2.53 bits per heavy atom. The van der Waals surface area contributed by atoms with E-state index >= 15 is 0 Å². The van der Waals surface area contributed by atoms with Crippen molar-refractivity contribution in [2.24, 2.45) is 0 Å². The normalized spacial score (nSPS) is 16.6. The first-order valence-electron chi connectivity index (χ1n) is 12.0. The number of nitrogens with zero attached hydrogens (tertiary/aromatic N) is 1. The van der Waals surface area contributed by atoms with Crippen LogP contribution in [0.3, 0.4) is 0 Å². The van der Waals surface area contributed by atoms with Gasteiger partial charge in [0.15, 0.2) is 6.04 Å². The fourth-order valence-corrected chi connectivity index (χ4v) is 4.86. The van der Waals surface area contributed by atoms with E-state index in [4.69, 9.17) is 0 Å². The summed E-state index contributed by atoms with van der Waals surface area (Å²) < 4.78 is 0. The Labute approximate surface area is 191 Å². The van der Waals surface area contributed by atoms with Crippen molar-refractivity contribution < 1.29 is 10.1 Å². The molecule has 1 fully saturated rings. The zero-order chi connectivity index (χ0) is 22.5. The van der Waals surface area contributed by atoms with Crippen molar-refractivity contribution in [2.45, 2.75) is 57.0 Å². The molecule has 32 heavy (non-hydrogen) atoms. The van der Waals surface area contributed by atoms with Gasteiger partial charge in [0, 0.05) is 42.9 Å². The molecule has 3 aromatic rings. The van der Waals surface area contributed by atoms with Crippen LogP contribution in [0.15, 0.2) is 54.7 Å². The van der Waals surface area contributed by atoms with Crippen LogP contribution in [-0.2, 0) is 4.79 Å². The van der Waals surface area contributed by atoms with Gasteiger partial charge in [0.1, 0.15) is 0 Å². The highest BCUT2D eigenvalue weighted by atomic mass is 16.2. The number of aromatic amines is 1. The lowest BCUT2D eigenvalue weighted by Gasteiger charge is -2.24. The molecule has 5 heteroatoms. The predicted octanol–water partition coefficient (Wildman–Crippen LogP) is 3.77. The zero-order valence-electron chi connectivity index (χ0n) is 19.6. The van der Waals surface area contributed by atoms with Crippen molar-refractivity contribution in [3.63, 3.8) is 0 Å². The predicted molar refractivity (Wildman–Crippen MR) is 132 cm³/mol. The van der Waals surface area contributed by atoms with Crippen LogP contribution in [-0.4, -0.2) is 43.6 Å². The van der Waals surface area contributed by atoms with E-state index in [0.717, 1.165) is 24.9 Å². The summed E-state index contributed by atoms with van der Waals surface area (Å²) >= 11 is 0. The van der Waals surface area contributed by atoms with Crippen LogP contribution in [0.1, 0.15) is 56.1 Å². The van der Waals surface area contributed by atoms with Gasteiger partial charge in [0.05, 0.1) is 12.5 Å². The summed E-state index contributed by atoms with van der Waals surface area (Å²) in [6.45, 7) is 2.85. The summed E-state index contributed by atoms with van der Waals surface area (Å²) in [4.78, 5) is 18.4. The first-order chi connectivity index (χ1) is 15.5. The number of hydrogen-bond acceptors (Lipinski definition) is 2. The second kappa shape index (κ2) is 10.2. The monoisotopic (exact) mass is 433 g/mol. The number of H-pyrrole nitrogens is 1. The van der Waals surface area contributed by atoms with Crippen molar-refractivity contribution in [3.8, 4) is 0 Å². The Hall–Kier alpha value is -2.79. The minimum absolute atomic E-state index is 0.106. The molecule has 1 saturated carbocycles. The number of aromatic nitrogens is 1. The Bertz CT molecular complexity index is 1020. The van der Waals surface area contributed by atoms with Gasteiger partial charge in [-0.25, -0.2) is 0 Å². The van der Waals surface area contributed by atoms with E-state index in [-0.39, 0.29) is 17.9 Å². The molecule has 0 radical (unpaired) electrons. The van der Waals surface area contributed by atoms with Crippen LogP contribution in [0.5, 0.6) is 0 Å². The first-order valence-corrected chi connectivity index (χ1v) is 12.0. The van der Waals surface area contributed by atoms with Gasteiger partial charge in [0.25, 0.3) is 5.91 Å². The maximum atomic E-state index is 12.8. The zero-order valence-corrected chi connectivity index (χ0v) is 19.6. The van der Waals surface area contributed by atoms with Gasteiger partial charge in [-0.15, -0.1) is 0 Å². The molecule has 1 heterocycles. The number of benzene rings is 2. The van der Waals surface area contributed by atoms with Crippen LogP contribution < -0.4 is 15.5 Å². The van der Waals surface area contributed by atoms with Crippen LogP contribution in [0.4, 0.5) is 5.69 Å². The Morgan fingerprint density at radius 2 is 1.81 bits per heavy atom. The van der Waals surface area contributed by atoms with Gasteiger partial charge in [-0.05, 0) is 49.1 Å². The number of anilines is 1. The third-order valence-corrected chi connectivity index (χ3v) is 6.90. The Kier molecular flexibility index (Phi) is 7.15. The van der Waals surface area contributed by atoms with E-state index in [2.05, 4.69) is 89.3 Å². The molecule has 0 spiro atoms. The Morgan fingerprint density at radius 1 is 1.09 bits per heavy atom. The summed E-state index contributed by atoms with van der Waals surface area (Å²) in [5.74, 6) is 0.366. The van der Waals surface area contributed by atoms with Gasteiger partial charge in [-0.3, -0.25) is 4.79 Å². The standard InChI is InChI=1S/C27H36N4O/c1-19(27(32)30-21-9-5-4-6-10-21)28-17-24(20-13-15-22(16-14-20)31(2)3)25-18-29-26-12-8-7-11-23(25)26/h7-8,11-16,18-19,21,24,28-29H,4-6,9-10,17H2,1-3H3,(H,30,32)/p+1/t19-,24+/m1/s1. The van der Waals surface area contributed by atoms with Crippen LogP contribution in [0.25, 0.3) is 10.9 Å². The average Bonchev–Trinajstić information content (AvgIpc) is 3.24. The molecule has 0 aliphatic heterocycles. The quantitative estimate of drug-likeness (QED) is 0.506. The van der Waals surface area contributed by atoms with E-state index < -0.39 is 0 Å². The van der Waals surface area contributed by atoms with Crippen LogP contribution in [0.2, 0.25) is 0 Å². The summed E-state index contributed by atoms with van der Waals surface area (Å²) in [6, 6.07) is 17.5. The topological polar surface area (TPSA) is 64.7 Å². The van der Waals surface area contributed by atoms with E-state index in [9.17, 15) is 4.79 Å². The number of nitrogens with two attached hydrogens (primary N) is 1. The van der Waals surface area contributed by atoms with Crippen LogP contribution >= 0.6 is 0 Å². The number of hydrogen-bond donors (Lipinski definition) is 3. The van der Waals surface area contributed by atoms with Gasteiger partial charge in [0.2, 0.25) is 0 Å². The highest BCUT2D eigenvalue weighted by Crippen LogP contribution is 2.31. The number of rotatable bonds is 8. The van der Waals surface area contributed by atoms with E-state index in [0.29, 0.717) is 6.04 Å². The molecular formula is C27H37N4O+. The van der Waals surface area contributed by atoms with Crippen molar-refractivity contribution >= 4 is 22.5 Å². The number of quaternary nitrogens is 1. The molecule has 0 unspecified atom stereocenters. The third-order valence-electron chi connectivity index (χ3n) is 6.90. The smallest absolute Gasteiger partial charge is 0.278 e. The van der Waals surface area contributed by atoms with Gasteiger partial charge in [-0.1, -0.05) is 49.6 Å². The molecule has 1 aliphatic rings. The lowest BCUT2D eigenvalue weighted by molar-refractivity contribution is -0.674. The fraction of sp³-hybridized carbons (Fsp3) is 0.444. The van der Waals surface area contributed by atoms with E-state index in [1.165, 1.54) is 41.5 Å². The van der Waals surface area contributed by atoms with Crippen molar-refractivity contribution in [3.05, 3.63) is 65.9 Å². The largest absolute Gasteiger partial charge is 0.378 e. The highest BCUT2D eigenvalue weighted by molar-refractivity contribution is 5.84. The molecule has 1 aliphatic carbocycles. The molecule has 1 amide bonds. The molecule has 1 aromatic heterocycles. The molecule has 170 valence electrons. The summed E-state index contributed by atoms with van der Waals surface area (Å²) in [7, 11) is 4.12. The van der Waals surface area contributed by atoms with Gasteiger partial charge >= 0.3 is 0 Å². The van der Waals surface area contributed by atoms with Crippen molar-refractivity contribution in [2.75, 3.05) is 25.5 Å². The van der Waals surface area contributed by atoms with Crippen molar-refractivity contribution in [1.82, 2.24) is 10.3 Å². The average molecular weight is 434 g/mol.